The van der Waals surface area contributed by atoms with Crippen LogP contribution >= 0.6 is 24.0 Å². The van der Waals surface area contributed by atoms with Crippen molar-refractivity contribution in [3.63, 3.8) is 0 Å². The number of nitrogens with zero attached hydrogens (tertiary/aromatic N) is 1. The number of benzene rings is 1. The normalized spacial score (nSPS) is 16.3. The van der Waals surface area contributed by atoms with Crippen molar-refractivity contribution in [3.05, 3.63) is 28.8 Å². The van der Waals surface area contributed by atoms with E-state index in [1.165, 1.54) is 23.1 Å². The first-order chi connectivity index (χ1) is 11.6. The Morgan fingerprint density at radius 3 is 2.27 bits per heavy atom. The molecule has 7 nitrogen and oxygen atoms in total. The molecule has 0 radical (unpaired) electrons. The van der Waals surface area contributed by atoms with Gasteiger partial charge in [-0.3, -0.25) is 9.59 Å². The van der Waals surface area contributed by atoms with Crippen molar-refractivity contribution in [2.45, 2.75) is 17.6 Å². The van der Waals surface area contributed by atoms with Gasteiger partial charge in [0, 0.05) is 26.0 Å². The number of rotatable bonds is 4. The van der Waals surface area contributed by atoms with E-state index in [-0.39, 0.29) is 36.2 Å². The molecule has 0 bridgehead atoms. The Balaban J connectivity index is 0.00000338. The summed E-state index contributed by atoms with van der Waals surface area (Å²) in [6.07, 6.45) is 1.51. The fraction of sp³-hybridized carbons (Fsp3) is 0.500. The third-order valence-electron chi connectivity index (χ3n) is 4.40. The first-order valence-electron chi connectivity index (χ1n) is 7.81. The maximum Gasteiger partial charge on any atom is 0.254 e. The van der Waals surface area contributed by atoms with Crippen LogP contribution in [-0.4, -0.2) is 63.3 Å². The summed E-state index contributed by atoms with van der Waals surface area (Å²) in [5.74, 6) is -0.826. The number of amides is 2. The molecule has 1 saturated heterocycles. The second kappa shape index (κ2) is 8.56. The lowest BCUT2D eigenvalue weighted by Gasteiger charge is -2.34. The summed E-state index contributed by atoms with van der Waals surface area (Å²) in [5.41, 5.74) is 0.663. The molecule has 1 heterocycles. The SMILES string of the molecule is CN(C)C(=O)c1ccc(NC(=O)C2(S(C)(=O)=O)CCNCC2)cc1Cl.Cl. The molecule has 10 heteroatoms. The Labute approximate surface area is 164 Å². The molecule has 0 atom stereocenters. The lowest BCUT2D eigenvalue weighted by molar-refractivity contribution is -0.119. The smallest absolute Gasteiger partial charge is 0.254 e. The Bertz CT molecular complexity index is 791. The van der Waals surface area contributed by atoms with Crippen molar-refractivity contribution in [1.29, 1.82) is 0 Å². The van der Waals surface area contributed by atoms with E-state index in [4.69, 9.17) is 11.6 Å². The Kier molecular flexibility index (Phi) is 7.47. The van der Waals surface area contributed by atoms with Gasteiger partial charge in [-0.25, -0.2) is 8.42 Å². The summed E-state index contributed by atoms with van der Waals surface area (Å²) in [5, 5.41) is 5.89. The van der Waals surface area contributed by atoms with Crippen LogP contribution in [0.5, 0.6) is 0 Å². The van der Waals surface area contributed by atoms with E-state index in [0.717, 1.165) is 6.26 Å². The third kappa shape index (κ3) is 4.49. The molecule has 1 aliphatic heterocycles. The monoisotopic (exact) mass is 423 g/mol. The van der Waals surface area contributed by atoms with Gasteiger partial charge in [0.2, 0.25) is 5.91 Å². The number of carbonyl (C=O) groups excluding carboxylic acids is 2. The Hall–Kier alpha value is -1.35. The molecule has 0 unspecified atom stereocenters. The van der Waals surface area contributed by atoms with Gasteiger partial charge in [0.15, 0.2) is 14.6 Å². The molecule has 0 spiro atoms. The number of sulfone groups is 1. The van der Waals surface area contributed by atoms with Crippen LogP contribution in [0.15, 0.2) is 18.2 Å². The first-order valence-corrected chi connectivity index (χ1v) is 10.1. The zero-order valence-electron chi connectivity index (χ0n) is 14.8. The van der Waals surface area contributed by atoms with Crippen LogP contribution in [0.2, 0.25) is 5.02 Å². The number of hydrogen-bond acceptors (Lipinski definition) is 5. The average molecular weight is 424 g/mol. The Morgan fingerprint density at radius 1 is 1.23 bits per heavy atom. The fourth-order valence-electron chi connectivity index (χ4n) is 2.85. The third-order valence-corrected chi connectivity index (χ3v) is 6.72. The number of carbonyl (C=O) groups is 2. The van der Waals surface area contributed by atoms with E-state index >= 15 is 0 Å². The molecule has 1 fully saturated rings. The second-order valence-corrected chi connectivity index (χ2v) is 9.10. The minimum absolute atomic E-state index is 0. The van der Waals surface area contributed by atoms with Crippen LogP contribution in [0, 0.1) is 0 Å². The highest BCUT2D eigenvalue weighted by molar-refractivity contribution is 7.92. The second-order valence-electron chi connectivity index (χ2n) is 6.36. The highest BCUT2D eigenvalue weighted by Gasteiger charge is 2.48. The molecule has 146 valence electrons. The summed E-state index contributed by atoms with van der Waals surface area (Å²) in [6, 6.07) is 4.50. The van der Waals surface area contributed by atoms with E-state index < -0.39 is 20.5 Å². The van der Waals surface area contributed by atoms with Crippen molar-refractivity contribution in [1.82, 2.24) is 10.2 Å². The topological polar surface area (TPSA) is 95.6 Å². The Morgan fingerprint density at radius 2 is 1.81 bits per heavy atom. The summed E-state index contributed by atoms with van der Waals surface area (Å²) >= 11 is 6.14. The van der Waals surface area contributed by atoms with Crippen LogP contribution < -0.4 is 10.6 Å². The quantitative estimate of drug-likeness (QED) is 0.765. The minimum Gasteiger partial charge on any atom is -0.345 e. The van der Waals surface area contributed by atoms with Gasteiger partial charge in [0.1, 0.15) is 0 Å². The van der Waals surface area contributed by atoms with E-state index in [9.17, 15) is 18.0 Å². The number of hydrogen-bond donors (Lipinski definition) is 2. The predicted octanol–water partition coefficient (Wildman–Crippen LogP) is 1.57. The lowest BCUT2D eigenvalue weighted by atomic mass is 9.95. The maximum atomic E-state index is 12.7. The van der Waals surface area contributed by atoms with Crippen molar-refractivity contribution in [3.8, 4) is 0 Å². The number of anilines is 1. The van der Waals surface area contributed by atoms with E-state index in [2.05, 4.69) is 10.6 Å². The fourth-order valence-corrected chi connectivity index (χ4v) is 4.44. The van der Waals surface area contributed by atoms with Gasteiger partial charge in [-0.15, -0.1) is 12.4 Å². The van der Waals surface area contributed by atoms with Crippen LogP contribution in [0.25, 0.3) is 0 Å². The van der Waals surface area contributed by atoms with Gasteiger partial charge in [0.05, 0.1) is 10.6 Å². The number of nitrogens with one attached hydrogen (secondary N) is 2. The molecule has 0 aromatic heterocycles. The van der Waals surface area contributed by atoms with Gasteiger partial charge in [0.25, 0.3) is 5.91 Å². The largest absolute Gasteiger partial charge is 0.345 e. The highest BCUT2D eigenvalue weighted by Crippen LogP contribution is 2.30. The molecule has 1 aromatic rings. The zero-order valence-corrected chi connectivity index (χ0v) is 17.2. The molecule has 2 N–H and O–H groups in total. The molecule has 2 amide bonds. The first kappa shape index (κ1) is 22.7. The highest BCUT2D eigenvalue weighted by atomic mass is 35.5. The zero-order chi connectivity index (χ0) is 18.8. The molecular weight excluding hydrogens is 401 g/mol. The summed E-state index contributed by atoms with van der Waals surface area (Å²) in [7, 11) is -0.371. The van der Waals surface area contributed by atoms with Crippen molar-refractivity contribution in [2.24, 2.45) is 0 Å². The molecule has 0 saturated carbocycles. The lowest BCUT2D eigenvalue weighted by Crippen LogP contribution is -2.55. The van der Waals surface area contributed by atoms with Gasteiger partial charge >= 0.3 is 0 Å². The number of piperidine rings is 1. The van der Waals surface area contributed by atoms with Crippen LogP contribution in [-0.2, 0) is 14.6 Å². The van der Waals surface area contributed by atoms with Crippen molar-refractivity contribution < 1.29 is 18.0 Å². The summed E-state index contributed by atoms with van der Waals surface area (Å²) in [4.78, 5) is 26.1. The predicted molar refractivity (Wildman–Crippen MR) is 105 cm³/mol. The summed E-state index contributed by atoms with van der Waals surface area (Å²) in [6.45, 7) is 0.912. The number of halogens is 2. The van der Waals surface area contributed by atoms with E-state index in [1.807, 2.05) is 0 Å². The maximum absolute atomic E-state index is 12.7. The van der Waals surface area contributed by atoms with Crippen molar-refractivity contribution in [2.75, 3.05) is 38.8 Å². The van der Waals surface area contributed by atoms with Crippen LogP contribution in [0.1, 0.15) is 23.2 Å². The van der Waals surface area contributed by atoms with Crippen LogP contribution in [0.3, 0.4) is 0 Å². The van der Waals surface area contributed by atoms with Crippen LogP contribution in [0.4, 0.5) is 5.69 Å². The molecule has 0 aliphatic carbocycles. The molecule has 1 aromatic carbocycles. The average Bonchev–Trinajstić information content (AvgIpc) is 2.54. The van der Waals surface area contributed by atoms with Gasteiger partial charge in [-0.1, -0.05) is 11.6 Å². The van der Waals surface area contributed by atoms with Gasteiger partial charge in [-0.2, -0.15) is 0 Å². The van der Waals surface area contributed by atoms with Gasteiger partial charge < -0.3 is 15.5 Å². The molecule has 26 heavy (non-hydrogen) atoms. The van der Waals surface area contributed by atoms with E-state index in [0.29, 0.717) is 24.3 Å². The molecule has 1 aliphatic rings. The molecule has 2 rings (SSSR count). The standard InChI is InChI=1S/C16H22ClN3O4S.ClH/c1-20(2)14(21)12-5-4-11(10-13(12)17)19-15(22)16(25(3,23)24)6-8-18-9-7-16;/h4-5,10,18H,6-9H2,1-3H3,(H,19,22);1H. The summed E-state index contributed by atoms with van der Waals surface area (Å²) < 4.78 is 23.1. The minimum atomic E-state index is -3.60. The molecular formula is C16H23Cl2N3O4S. The van der Waals surface area contributed by atoms with E-state index in [1.54, 1.807) is 14.1 Å². The van der Waals surface area contributed by atoms with Gasteiger partial charge in [-0.05, 0) is 44.1 Å². The van der Waals surface area contributed by atoms with Crippen molar-refractivity contribution >= 4 is 51.3 Å².